The first-order chi connectivity index (χ1) is 15.9. The van der Waals surface area contributed by atoms with E-state index in [1.54, 1.807) is 17.8 Å². The molecule has 1 aliphatic rings. The van der Waals surface area contributed by atoms with Crippen LogP contribution in [0.4, 0.5) is 16.2 Å². The molecule has 0 aliphatic carbocycles. The molecule has 182 valence electrons. The van der Waals surface area contributed by atoms with Gasteiger partial charge in [0.15, 0.2) is 5.17 Å². The number of rotatable bonds is 8. The maximum Gasteiger partial charge on any atom is 0.435 e. The van der Waals surface area contributed by atoms with Gasteiger partial charge in [-0.1, -0.05) is 55.6 Å². The molecule has 3 amide bonds. The first kappa shape index (κ1) is 27.7. The summed E-state index contributed by atoms with van der Waals surface area (Å²) in [6.45, 7) is 5.72. The molecule has 1 N–H and O–H groups in total. The van der Waals surface area contributed by atoms with Crippen LogP contribution in [0.25, 0.3) is 0 Å². The number of nitrogens with one attached hydrogen (secondary N) is 1. The van der Waals surface area contributed by atoms with Crippen molar-refractivity contribution >= 4 is 70.4 Å². The van der Waals surface area contributed by atoms with Crippen molar-refractivity contribution in [2.75, 3.05) is 42.7 Å². The lowest BCUT2D eigenvalue weighted by Crippen LogP contribution is -2.34. The minimum absolute atomic E-state index is 0. The van der Waals surface area contributed by atoms with Crippen molar-refractivity contribution in [3.05, 3.63) is 48.5 Å². The Kier molecular flexibility index (Phi) is 10.9. The number of benzene rings is 2. The second-order valence-corrected chi connectivity index (χ2v) is 9.08. The van der Waals surface area contributed by atoms with E-state index in [0.29, 0.717) is 11.4 Å². The van der Waals surface area contributed by atoms with Gasteiger partial charge in [-0.25, -0.2) is 4.79 Å². The smallest absolute Gasteiger partial charge is 0.435 e. The van der Waals surface area contributed by atoms with Gasteiger partial charge in [0.05, 0.1) is 30.8 Å². The lowest BCUT2D eigenvalue weighted by Gasteiger charge is -2.22. The Balaban J connectivity index is 0.00000408. The fourth-order valence-electron chi connectivity index (χ4n) is 3.14. The van der Waals surface area contributed by atoms with Gasteiger partial charge < -0.3 is 10.1 Å². The highest BCUT2D eigenvalue weighted by molar-refractivity contribution is 8.15. The molecule has 2 aromatic carbocycles. The molecule has 1 fully saturated rings. The second-order valence-electron chi connectivity index (χ2n) is 6.99. The SMILES string of the molecule is CCN(CC)CC(=O)Nc1cc(Sc2ccccc2)ccc1N1C(=O)CS/C1=N/C(=O)OC.Cl. The lowest BCUT2D eigenvalue weighted by molar-refractivity contribution is -0.117. The molecule has 2 aromatic rings. The van der Waals surface area contributed by atoms with Crippen LogP contribution in [0.2, 0.25) is 0 Å². The summed E-state index contributed by atoms with van der Waals surface area (Å²) in [5.74, 6) is -0.277. The monoisotopic (exact) mass is 522 g/mol. The third-order valence-electron chi connectivity index (χ3n) is 4.85. The van der Waals surface area contributed by atoms with E-state index < -0.39 is 6.09 Å². The largest absolute Gasteiger partial charge is 0.451 e. The maximum absolute atomic E-state index is 12.8. The standard InChI is InChI=1S/C23H26N4O4S2.ClH/c1-4-26(5-2)14-20(28)24-18-13-17(33-16-9-7-6-8-10-16)11-12-19(18)27-21(29)15-32-22(27)25-23(30)31-3;/h6-13H,4-5,14-15H2,1-3H3,(H,24,28);1H/b25-22+;. The van der Waals surface area contributed by atoms with Crippen LogP contribution in [0.1, 0.15) is 13.8 Å². The van der Waals surface area contributed by atoms with Crippen molar-refractivity contribution in [1.82, 2.24) is 4.90 Å². The van der Waals surface area contributed by atoms with Gasteiger partial charge in [-0.05, 0) is 43.4 Å². The van der Waals surface area contributed by atoms with Crippen molar-refractivity contribution in [3.63, 3.8) is 0 Å². The highest BCUT2D eigenvalue weighted by atomic mass is 35.5. The van der Waals surface area contributed by atoms with Crippen molar-refractivity contribution < 1.29 is 19.1 Å². The summed E-state index contributed by atoms with van der Waals surface area (Å²) < 4.78 is 4.62. The summed E-state index contributed by atoms with van der Waals surface area (Å²) in [4.78, 5) is 46.4. The molecule has 8 nitrogen and oxygen atoms in total. The predicted molar refractivity (Wildman–Crippen MR) is 140 cm³/mol. The van der Waals surface area contributed by atoms with Crippen LogP contribution in [0.5, 0.6) is 0 Å². The number of halogens is 1. The fraction of sp³-hybridized carbons (Fsp3) is 0.304. The summed E-state index contributed by atoms with van der Waals surface area (Å²) in [5, 5.41) is 3.17. The maximum atomic E-state index is 12.8. The lowest BCUT2D eigenvalue weighted by atomic mass is 10.2. The molecule has 3 rings (SSSR count). The van der Waals surface area contributed by atoms with Crippen molar-refractivity contribution in [3.8, 4) is 0 Å². The van der Waals surface area contributed by atoms with E-state index in [9.17, 15) is 14.4 Å². The molecule has 11 heteroatoms. The fourth-order valence-corrected chi connectivity index (χ4v) is 4.87. The molecule has 0 atom stereocenters. The average molecular weight is 523 g/mol. The second kappa shape index (κ2) is 13.4. The number of carbonyl (C=O) groups excluding carboxylic acids is 3. The highest BCUT2D eigenvalue weighted by Crippen LogP contribution is 2.37. The van der Waals surface area contributed by atoms with E-state index in [0.717, 1.165) is 34.6 Å². The number of aliphatic imine (C=N–C) groups is 1. The minimum atomic E-state index is -0.791. The number of anilines is 2. The molecule has 0 bridgehead atoms. The number of methoxy groups -OCH3 is 1. The van der Waals surface area contributed by atoms with Gasteiger partial charge in [0.1, 0.15) is 0 Å². The molecule has 0 spiro atoms. The van der Waals surface area contributed by atoms with Gasteiger partial charge in [0, 0.05) is 9.79 Å². The van der Waals surface area contributed by atoms with Crippen LogP contribution in [0.15, 0.2) is 63.3 Å². The molecule has 1 aliphatic heterocycles. The zero-order valence-electron chi connectivity index (χ0n) is 19.1. The Morgan fingerprint density at radius 3 is 2.50 bits per heavy atom. The highest BCUT2D eigenvalue weighted by Gasteiger charge is 2.32. The Morgan fingerprint density at radius 2 is 1.85 bits per heavy atom. The molecule has 1 saturated heterocycles. The first-order valence-corrected chi connectivity index (χ1v) is 12.3. The number of likely N-dealkylation sites (N-methyl/N-ethyl adjacent to an activating group) is 1. The zero-order chi connectivity index (χ0) is 23.8. The van der Waals surface area contributed by atoms with Gasteiger partial charge in [-0.15, -0.1) is 12.4 Å². The third kappa shape index (κ3) is 7.23. The summed E-state index contributed by atoms with van der Waals surface area (Å²) >= 11 is 2.69. The van der Waals surface area contributed by atoms with Gasteiger partial charge in [-0.3, -0.25) is 19.4 Å². The minimum Gasteiger partial charge on any atom is -0.451 e. The van der Waals surface area contributed by atoms with Crippen molar-refractivity contribution in [2.24, 2.45) is 4.99 Å². The molecule has 0 aromatic heterocycles. The number of carbonyl (C=O) groups is 3. The topological polar surface area (TPSA) is 91.3 Å². The van der Waals surface area contributed by atoms with Crippen molar-refractivity contribution in [1.29, 1.82) is 0 Å². The zero-order valence-corrected chi connectivity index (χ0v) is 21.6. The van der Waals surface area contributed by atoms with E-state index in [-0.39, 0.29) is 41.7 Å². The molecule has 0 radical (unpaired) electrons. The van der Waals surface area contributed by atoms with Crippen molar-refractivity contribution in [2.45, 2.75) is 23.6 Å². The van der Waals surface area contributed by atoms with Crippen LogP contribution >= 0.6 is 35.9 Å². The molecular weight excluding hydrogens is 496 g/mol. The molecule has 1 heterocycles. The number of ether oxygens (including phenoxy) is 1. The van der Waals surface area contributed by atoms with E-state index >= 15 is 0 Å². The number of hydrogen-bond donors (Lipinski definition) is 1. The quantitative estimate of drug-likeness (QED) is 0.535. The Morgan fingerprint density at radius 1 is 1.15 bits per heavy atom. The van der Waals surface area contributed by atoms with Crippen LogP contribution < -0.4 is 10.2 Å². The molecular formula is C23H27ClN4O4S2. The van der Waals surface area contributed by atoms with Crippen LogP contribution in [0.3, 0.4) is 0 Å². The van der Waals surface area contributed by atoms with E-state index in [4.69, 9.17) is 0 Å². The Labute approximate surface area is 213 Å². The van der Waals surface area contributed by atoms with Crippen LogP contribution in [0, 0.1) is 0 Å². The first-order valence-electron chi connectivity index (χ1n) is 10.5. The summed E-state index contributed by atoms with van der Waals surface area (Å²) in [7, 11) is 1.23. The van der Waals surface area contributed by atoms with Crippen LogP contribution in [-0.4, -0.2) is 60.5 Å². The summed E-state index contributed by atoms with van der Waals surface area (Å²) in [6.07, 6.45) is -0.791. The van der Waals surface area contributed by atoms with Gasteiger partial charge in [-0.2, -0.15) is 4.99 Å². The Bertz CT molecular complexity index is 1050. The number of hydrogen-bond acceptors (Lipinski definition) is 7. The van der Waals surface area contributed by atoms with Crippen LogP contribution in [-0.2, 0) is 14.3 Å². The molecule has 0 unspecified atom stereocenters. The normalized spacial score (nSPS) is 14.3. The van der Waals surface area contributed by atoms with E-state index in [2.05, 4.69) is 15.0 Å². The summed E-state index contributed by atoms with van der Waals surface area (Å²) in [6, 6.07) is 15.3. The average Bonchev–Trinajstić information content (AvgIpc) is 3.17. The van der Waals surface area contributed by atoms with Gasteiger partial charge in [0.2, 0.25) is 11.8 Å². The molecule has 0 saturated carbocycles. The molecule has 34 heavy (non-hydrogen) atoms. The van der Waals surface area contributed by atoms with E-state index in [1.165, 1.54) is 12.0 Å². The van der Waals surface area contributed by atoms with Gasteiger partial charge >= 0.3 is 6.09 Å². The van der Waals surface area contributed by atoms with Gasteiger partial charge in [0.25, 0.3) is 0 Å². The summed E-state index contributed by atoms with van der Waals surface area (Å²) in [5.41, 5.74) is 0.930. The predicted octanol–water partition coefficient (Wildman–Crippen LogP) is 4.74. The number of nitrogens with zero attached hydrogens (tertiary/aromatic N) is 3. The number of amidine groups is 1. The number of amides is 3. The number of thioether (sulfide) groups is 1. The Hall–Kier alpha value is -2.53. The van der Waals surface area contributed by atoms with E-state index in [1.807, 2.05) is 61.2 Å². The third-order valence-corrected chi connectivity index (χ3v) is 6.77.